The van der Waals surface area contributed by atoms with Crippen LogP contribution in [0.1, 0.15) is 37.7 Å². The minimum atomic E-state index is -4.57. The Hall–Kier alpha value is -1.54. The number of pyridine rings is 1. The van der Waals surface area contributed by atoms with Gasteiger partial charge >= 0.3 is 6.18 Å². The van der Waals surface area contributed by atoms with Crippen molar-refractivity contribution in [2.45, 2.75) is 50.4 Å². The highest BCUT2D eigenvalue weighted by atomic mass is 35.5. The van der Waals surface area contributed by atoms with E-state index in [2.05, 4.69) is 10.6 Å². The molecule has 5 nitrogen and oxygen atoms in total. The molecule has 0 spiro atoms. The maximum Gasteiger partial charge on any atom is 0.417 e. The number of amides is 1. The minimum Gasteiger partial charge on any atom is -0.327 e. The lowest BCUT2D eigenvalue weighted by Crippen LogP contribution is -2.39. The van der Waals surface area contributed by atoms with Crippen molar-refractivity contribution in [1.29, 1.82) is 0 Å². The van der Waals surface area contributed by atoms with Gasteiger partial charge in [0, 0.05) is 24.7 Å². The van der Waals surface area contributed by atoms with Gasteiger partial charge in [-0.3, -0.25) is 9.59 Å². The van der Waals surface area contributed by atoms with E-state index in [0.29, 0.717) is 24.3 Å². The van der Waals surface area contributed by atoms with Gasteiger partial charge in [-0.15, -0.1) is 12.4 Å². The van der Waals surface area contributed by atoms with Gasteiger partial charge in [-0.1, -0.05) is 0 Å². The third kappa shape index (κ3) is 4.30. The summed E-state index contributed by atoms with van der Waals surface area (Å²) in [7, 11) is 0. The van der Waals surface area contributed by atoms with Gasteiger partial charge in [-0.25, -0.2) is 0 Å². The van der Waals surface area contributed by atoms with Gasteiger partial charge in [-0.05, 0) is 37.7 Å². The number of carbonyl (C=O) groups is 1. The van der Waals surface area contributed by atoms with Crippen LogP contribution < -0.4 is 16.2 Å². The summed E-state index contributed by atoms with van der Waals surface area (Å²) in [6.45, 7) is 0. The van der Waals surface area contributed by atoms with Crippen LogP contribution in [-0.2, 0) is 11.0 Å². The largest absolute Gasteiger partial charge is 0.417 e. The summed E-state index contributed by atoms with van der Waals surface area (Å²) in [5, 5.41) is 5.78. The van der Waals surface area contributed by atoms with Crippen molar-refractivity contribution in [2.24, 2.45) is 5.92 Å². The predicted molar refractivity (Wildman–Crippen MR) is 85.2 cm³/mol. The van der Waals surface area contributed by atoms with Gasteiger partial charge in [0.2, 0.25) is 5.91 Å². The van der Waals surface area contributed by atoms with E-state index in [9.17, 15) is 22.8 Å². The first-order valence-electron chi connectivity index (χ1n) is 7.67. The molecule has 1 aromatic heterocycles. The maximum atomic E-state index is 12.7. The van der Waals surface area contributed by atoms with Crippen molar-refractivity contribution in [1.82, 2.24) is 10.3 Å². The van der Waals surface area contributed by atoms with E-state index in [1.165, 1.54) is 0 Å². The molecular weight excluding hydrogens is 347 g/mol. The Bertz CT molecular complexity index is 650. The lowest BCUT2D eigenvalue weighted by molar-refractivity contribution is -0.137. The normalized spacial score (nSPS) is 25.9. The number of rotatable bonds is 3. The lowest BCUT2D eigenvalue weighted by atomic mass is 9.89. The van der Waals surface area contributed by atoms with Gasteiger partial charge in [0.05, 0.1) is 5.56 Å². The third-order valence-corrected chi connectivity index (χ3v) is 4.55. The molecule has 0 saturated carbocycles. The monoisotopic (exact) mass is 365 g/mol. The molecule has 2 fully saturated rings. The average molecular weight is 366 g/mol. The van der Waals surface area contributed by atoms with Crippen LogP contribution >= 0.6 is 12.4 Å². The first-order valence-corrected chi connectivity index (χ1v) is 7.67. The quantitative estimate of drug-likeness (QED) is 0.771. The lowest BCUT2D eigenvalue weighted by Gasteiger charge is -2.28. The van der Waals surface area contributed by atoms with Crippen molar-refractivity contribution < 1.29 is 18.0 Å². The topological polar surface area (TPSA) is 74.0 Å². The summed E-state index contributed by atoms with van der Waals surface area (Å²) in [4.78, 5) is 25.7. The second kappa shape index (κ2) is 7.14. The number of nitrogens with one attached hydrogen (secondary N) is 3. The summed E-state index contributed by atoms with van der Waals surface area (Å²) < 4.78 is 38.0. The second-order valence-corrected chi connectivity index (χ2v) is 6.36. The molecule has 1 aromatic rings. The van der Waals surface area contributed by atoms with Crippen molar-refractivity contribution in [3.63, 3.8) is 0 Å². The molecule has 0 aromatic carbocycles. The third-order valence-electron chi connectivity index (χ3n) is 4.55. The number of aromatic nitrogens is 1. The maximum absolute atomic E-state index is 12.7. The zero-order chi connectivity index (χ0) is 16.6. The van der Waals surface area contributed by atoms with Crippen LogP contribution in [0.3, 0.4) is 0 Å². The summed E-state index contributed by atoms with van der Waals surface area (Å²) >= 11 is 0. The molecule has 2 aliphatic heterocycles. The molecule has 1 amide bonds. The number of aromatic amines is 1. The first-order chi connectivity index (χ1) is 10.8. The molecule has 2 aliphatic rings. The van der Waals surface area contributed by atoms with Gasteiger partial charge in [-0.2, -0.15) is 13.2 Å². The molecule has 3 heterocycles. The van der Waals surface area contributed by atoms with E-state index in [1.54, 1.807) is 0 Å². The Kier molecular flexibility index (Phi) is 5.59. The highest BCUT2D eigenvalue weighted by Crippen LogP contribution is 2.33. The molecule has 0 radical (unpaired) electrons. The van der Waals surface area contributed by atoms with Gasteiger partial charge in [0.25, 0.3) is 5.56 Å². The van der Waals surface area contributed by atoms with Crippen LogP contribution in [0.5, 0.6) is 0 Å². The number of halogens is 4. The number of piperidine rings is 1. The van der Waals surface area contributed by atoms with Crippen LogP contribution in [0, 0.1) is 5.92 Å². The van der Waals surface area contributed by atoms with Gasteiger partial charge in [0.15, 0.2) is 0 Å². The molecule has 2 bridgehead atoms. The van der Waals surface area contributed by atoms with E-state index in [4.69, 9.17) is 0 Å². The predicted octanol–water partition coefficient (Wildman–Crippen LogP) is 2.67. The highest BCUT2D eigenvalue weighted by Gasteiger charge is 2.34. The Morgan fingerprint density at radius 1 is 1.25 bits per heavy atom. The fourth-order valence-corrected chi connectivity index (χ4v) is 3.55. The number of anilines is 1. The van der Waals surface area contributed by atoms with Gasteiger partial charge < -0.3 is 15.6 Å². The number of hydrogen-bond acceptors (Lipinski definition) is 3. The zero-order valence-corrected chi connectivity index (χ0v) is 13.6. The molecular formula is C15H19ClF3N3O2. The van der Waals surface area contributed by atoms with Crippen molar-refractivity contribution in [3.8, 4) is 0 Å². The summed E-state index contributed by atoms with van der Waals surface area (Å²) in [6.07, 6.45) is 0.253. The van der Waals surface area contributed by atoms with E-state index in [1.807, 2.05) is 4.98 Å². The standard InChI is InChI=1S/C15H18F3N3O2.ClH/c16-15(17,18)9-6-12(14(23)19-7-9)21-13(22)5-8-3-10-1-2-11(4-8)20-10;/h6-8,10-11,20H,1-5H2,(H,19,23)(H,21,22);1H. The molecule has 9 heteroatoms. The molecule has 2 atom stereocenters. The Labute approximate surface area is 142 Å². The molecule has 2 unspecified atom stereocenters. The smallest absolute Gasteiger partial charge is 0.327 e. The van der Waals surface area contributed by atoms with E-state index in [0.717, 1.165) is 25.7 Å². The minimum absolute atomic E-state index is 0. The molecule has 3 rings (SSSR count). The summed E-state index contributed by atoms with van der Waals surface area (Å²) in [6, 6.07) is 1.54. The van der Waals surface area contributed by atoms with E-state index >= 15 is 0 Å². The zero-order valence-electron chi connectivity index (χ0n) is 12.8. The fraction of sp³-hybridized carbons (Fsp3) is 0.600. The van der Waals surface area contributed by atoms with Crippen LogP contribution in [0.2, 0.25) is 0 Å². The molecule has 2 saturated heterocycles. The number of hydrogen-bond donors (Lipinski definition) is 3. The van der Waals surface area contributed by atoms with Crippen molar-refractivity contribution >= 4 is 24.0 Å². The Morgan fingerprint density at radius 3 is 2.46 bits per heavy atom. The Balaban J connectivity index is 0.00000208. The SMILES string of the molecule is Cl.O=C(CC1CC2CCC(C1)N2)Nc1cc(C(F)(F)F)c[nH]c1=O. The average Bonchev–Trinajstić information content (AvgIpc) is 2.79. The van der Waals surface area contributed by atoms with Crippen molar-refractivity contribution in [3.05, 3.63) is 28.2 Å². The van der Waals surface area contributed by atoms with Crippen LogP contribution in [-0.4, -0.2) is 23.0 Å². The van der Waals surface area contributed by atoms with E-state index in [-0.39, 0.29) is 30.4 Å². The van der Waals surface area contributed by atoms with E-state index < -0.39 is 23.2 Å². The van der Waals surface area contributed by atoms with Crippen LogP contribution in [0.4, 0.5) is 18.9 Å². The molecule has 0 aliphatic carbocycles. The summed E-state index contributed by atoms with van der Waals surface area (Å²) in [5.41, 5.74) is -2.09. The first kappa shape index (κ1) is 18.8. The van der Waals surface area contributed by atoms with Crippen LogP contribution in [0.15, 0.2) is 17.1 Å². The number of alkyl halides is 3. The number of fused-ring (bicyclic) bond motifs is 2. The number of carbonyl (C=O) groups excluding carboxylic acids is 1. The fourth-order valence-electron chi connectivity index (χ4n) is 3.55. The molecule has 24 heavy (non-hydrogen) atoms. The highest BCUT2D eigenvalue weighted by molar-refractivity contribution is 5.90. The van der Waals surface area contributed by atoms with Gasteiger partial charge in [0.1, 0.15) is 5.69 Å². The van der Waals surface area contributed by atoms with Crippen molar-refractivity contribution in [2.75, 3.05) is 5.32 Å². The second-order valence-electron chi connectivity index (χ2n) is 6.36. The number of H-pyrrole nitrogens is 1. The Morgan fingerprint density at radius 2 is 1.88 bits per heavy atom. The molecule has 134 valence electrons. The summed E-state index contributed by atoms with van der Waals surface area (Å²) in [5.74, 6) is -0.209. The molecule has 3 N–H and O–H groups in total. The van der Waals surface area contributed by atoms with Crippen LogP contribution in [0.25, 0.3) is 0 Å².